The van der Waals surface area contributed by atoms with Gasteiger partial charge in [-0.15, -0.1) is 0 Å². The summed E-state index contributed by atoms with van der Waals surface area (Å²) in [6, 6.07) is 13.0. The standard InChI is InChI=1S/C21H28N2OS/c1-3-17-10-7-8-13-19(17)22-21(25)23(18-11-5-4-6-12-18)16(2)20-14-9-15-24-20/h7-10,13-16,18H,3-6,11-12H2,1-2H3,(H,22,25)/t16-/m0/s1. The summed E-state index contributed by atoms with van der Waals surface area (Å²) in [7, 11) is 0. The Kier molecular flexibility index (Phi) is 6.14. The molecule has 2 aromatic rings. The van der Waals surface area contributed by atoms with Gasteiger partial charge in [0.05, 0.1) is 12.3 Å². The molecule has 3 nitrogen and oxygen atoms in total. The molecule has 0 bridgehead atoms. The molecule has 1 atom stereocenters. The lowest BCUT2D eigenvalue weighted by atomic mass is 9.93. The number of aryl methyl sites for hydroxylation is 1. The summed E-state index contributed by atoms with van der Waals surface area (Å²) in [6.45, 7) is 4.36. The largest absolute Gasteiger partial charge is 0.467 e. The van der Waals surface area contributed by atoms with E-state index in [9.17, 15) is 0 Å². The highest BCUT2D eigenvalue weighted by atomic mass is 32.1. The van der Waals surface area contributed by atoms with E-state index in [0.29, 0.717) is 6.04 Å². The number of thiocarbonyl (C=S) groups is 1. The minimum absolute atomic E-state index is 0.131. The quantitative estimate of drug-likeness (QED) is 0.672. The minimum atomic E-state index is 0.131. The zero-order valence-corrected chi connectivity index (χ0v) is 16.0. The van der Waals surface area contributed by atoms with E-state index >= 15 is 0 Å². The van der Waals surface area contributed by atoms with Gasteiger partial charge < -0.3 is 14.6 Å². The van der Waals surface area contributed by atoms with Crippen molar-refractivity contribution in [2.45, 2.75) is 64.5 Å². The highest BCUT2D eigenvalue weighted by Gasteiger charge is 2.29. The molecule has 0 unspecified atom stereocenters. The van der Waals surface area contributed by atoms with Crippen molar-refractivity contribution in [1.82, 2.24) is 4.90 Å². The summed E-state index contributed by atoms with van der Waals surface area (Å²) in [4.78, 5) is 2.36. The molecule has 1 heterocycles. The first-order valence-electron chi connectivity index (χ1n) is 9.41. The van der Waals surface area contributed by atoms with Gasteiger partial charge in [-0.25, -0.2) is 0 Å². The first-order valence-corrected chi connectivity index (χ1v) is 9.82. The highest BCUT2D eigenvalue weighted by molar-refractivity contribution is 7.80. The number of anilines is 1. The molecular weight excluding hydrogens is 328 g/mol. The van der Waals surface area contributed by atoms with Crippen LogP contribution in [-0.2, 0) is 6.42 Å². The van der Waals surface area contributed by atoms with Crippen LogP contribution in [0.3, 0.4) is 0 Å². The van der Waals surface area contributed by atoms with E-state index in [1.165, 1.54) is 37.7 Å². The smallest absolute Gasteiger partial charge is 0.174 e. The summed E-state index contributed by atoms with van der Waals surface area (Å²) in [5, 5.41) is 4.32. The van der Waals surface area contributed by atoms with E-state index in [2.05, 4.69) is 48.3 Å². The summed E-state index contributed by atoms with van der Waals surface area (Å²) in [5.74, 6) is 0.971. The van der Waals surface area contributed by atoms with Crippen LogP contribution in [0.2, 0.25) is 0 Å². The third-order valence-corrected chi connectivity index (χ3v) is 5.53. The molecule has 0 radical (unpaired) electrons. The van der Waals surface area contributed by atoms with E-state index < -0.39 is 0 Å². The SMILES string of the molecule is CCc1ccccc1NC(=S)N(C1CCCCC1)[C@@H](C)c1ccco1. The second-order valence-corrected chi connectivity index (χ2v) is 7.22. The lowest BCUT2D eigenvalue weighted by molar-refractivity contribution is 0.186. The van der Waals surface area contributed by atoms with Crippen molar-refractivity contribution in [1.29, 1.82) is 0 Å². The fraction of sp³-hybridized carbons (Fsp3) is 0.476. The Morgan fingerprint density at radius 3 is 2.64 bits per heavy atom. The van der Waals surface area contributed by atoms with E-state index in [-0.39, 0.29) is 6.04 Å². The molecule has 25 heavy (non-hydrogen) atoms. The van der Waals surface area contributed by atoms with Crippen LogP contribution in [0.5, 0.6) is 0 Å². The van der Waals surface area contributed by atoms with Gasteiger partial charge in [0.25, 0.3) is 0 Å². The Hall–Kier alpha value is -1.81. The van der Waals surface area contributed by atoms with Crippen molar-refractivity contribution >= 4 is 23.0 Å². The molecule has 1 aromatic heterocycles. The van der Waals surface area contributed by atoms with Crippen LogP contribution in [0.1, 0.15) is 63.3 Å². The predicted molar refractivity (Wildman–Crippen MR) is 108 cm³/mol. The fourth-order valence-corrected chi connectivity index (χ4v) is 4.23. The molecule has 1 saturated carbocycles. The van der Waals surface area contributed by atoms with Gasteiger partial charge in [0, 0.05) is 11.7 Å². The first-order chi connectivity index (χ1) is 12.2. The van der Waals surface area contributed by atoms with Crippen molar-refractivity contribution in [3.05, 3.63) is 54.0 Å². The summed E-state index contributed by atoms with van der Waals surface area (Å²) in [5.41, 5.74) is 2.40. The van der Waals surface area contributed by atoms with Crippen LogP contribution in [0.15, 0.2) is 47.1 Å². The Balaban J connectivity index is 1.83. The number of nitrogens with zero attached hydrogens (tertiary/aromatic N) is 1. The van der Waals surface area contributed by atoms with E-state index in [1.807, 2.05) is 12.1 Å². The maximum atomic E-state index is 5.87. The molecule has 0 saturated heterocycles. The lowest BCUT2D eigenvalue weighted by Crippen LogP contribution is -2.45. The van der Waals surface area contributed by atoms with E-state index in [0.717, 1.165) is 23.0 Å². The summed E-state index contributed by atoms with van der Waals surface area (Å²) < 4.78 is 5.68. The number of hydrogen-bond acceptors (Lipinski definition) is 2. The Morgan fingerprint density at radius 2 is 1.96 bits per heavy atom. The molecule has 1 N–H and O–H groups in total. The van der Waals surface area contributed by atoms with Gasteiger partial charge >= 0.3 is 0 Å². The molecule has 1 aromatic carbocycles. The highest BCUT2D eigenvalue weighted by Crippen LogP contribution is 2.31. The third-order valence-electron chi connectivity index (χ3n) is 5.21. The molecule has 1 aliphatic carbocycles. The van der Waals surface area contributed by atoms with E-state index in [1.54, 1.807) is 6.26 Å². The third kappa shape index (κ3) is 4.24. The summed E-state index contributed by atoms with van der Waals surface area (Å²) >= 11 is 5.87. The zero-order valence-electron chi connectivity index (χ0n) is 15.2. The molecule has 4 heteroatoms. The van der Waals surface area contributed by atoms with Crippen molar-refractivity contribution in [3.8, 4) is 0 Å². The van der Waals surface area contributed by atoms with Crippen molar-refractivity contribution < 1.29 is 4.42 Å². The van der Waals surface area contributed by atoms with Crippen LogP contribution in [0.25, 0.3) is 0 Å². The van der Waals surface area contributed by atoms with Crippen LogP contribution < -0.4 is 5.32 Å². The van der Waals surface area contributed by atoms with Gasteiger partial charge in [-0.05, 0) is 62.2 Å². The monoisotopic (exact) mass is 356 g/mol. The predicted octanol–water partition coefficient (Wildman–Crippen LogP) is 5.93. The van der Waals surface area contributed by atoms with Crippen LogP contribution in [-0.4, -0.2) is 16.1 Å². The number of rotatable bonds is 5. The Labute approximate surface area is 156 Å². The molecule has 1 aliphatic rings. The maximum absolute atomic E-state index is 5.87. The van der Waals surface area contributed by atoms with Crippen molar-refractivity contribution in [3.63, 3.8) is 0 Å². The number of benzene rings is 1. The number of furan rings is 1. The van der Waals surface area contributed by atoms with E-state index in [4.69, 9.17) is 16.6 Å². The summed E-state index contributed by atoms with van der Waals surface area (Å²) in [6.07, 6.45) is 9.01. The zero-order chi connectivity index (χ0) is 17.6. The molecule has 0 aliphatic heterocycles. The average molecular weight is 357 g/mol. The van der Waals surface area contributed by atoms with Gasteiger partial charge in [-0.3, -0.25) is 0 Å². The lowest BCUT2D eigenvalue weighted by Gasteiger charge is -2.40. The Morgan fingerprint density at radius 1 is 1.20 bits per heavy atom. The number of nitrogens with one attached hydrogen (secondary N) is 1. The van der Waals surface area contributed by atoms with Gasteiger partial charge in [-0.2, -0.15) is 0 Å². The molecule has 0 amide bonds. The maximum Gasteiger partial charge on any atom is 0.174 e. The van der Waals surface area contributed by atoms with Crippen LogP contribution in [0.4, 0.5) is 5.69 Å². The van der Waals surface area contributed by atoms with Crippen LogP contribution in [0, 0.1) is 0 Å². The van der Waals surface area contributed by atoms with Crippen LogP contribution >= 0.6 is 12.2 Å². The second-order valence-electron chi connectivity index (χ2n) is 6.83. The normalized spacial score (nSPS) is 16.4. The van der Waals surface area contributed by atoms with Gasteiger partial charge in [-0.1, -0.05) is 44.4 Å². The molecular formula is C21H28N2OS. The van der Waals surface area contributed by atoms with Gasteiger partial charge in [0.1, 0.15) is 5.76 Å². The molecule has 3 rings (SSSR count). The van der Waals surface area contributed by atoms with Crippen molar-refractivity contribution in [2.75, 3.05) is 5.32 Å². The topological polar surface area (TPSA) is 28.4 Å². The fourth-order valence-electron chi connectivity index (χ4n) is 3.81. The Bertz CT molecular complexity index is 677. The molecule has 0 spiro atoms. The van der Waals surface area contributed by atoms with Crippen molar-refractivity contribution in [2.24, 2.45) is 0 Å². The second kappa shape index (κ2) is 8.52. The number of para-hydroxylation sites is 1. The van der Waals surface area contributed by atoms with Gasteiger partial charge in [0.2, 0.25) is 0 Å². The first kappa shape index (κ1) is 18.0. The molecule has 134 valence electrons. The average Bonchev–Trinajstić information content (AvgIpc) is 3.18. The number of hydrogen-bond donors (Lipinski definition) is 1. The van der Waals surface area contributed by atoms with Gasteiger partial charge in [0.15, 0.2) is 5.11 Å². The minimum Gasteiger partial charge on any atom is -0.467 e. The molecule has 1 fully saturated rings.